The zero-order valence-corrected chi connectivity index (χ0v) is 8.91. The molecule has 0 aliphatic rings. The lowest BCUT2D eigenvalue weighted by Crippen LogP contribution is -2.39. The van der Waals surface area contributed by atoms with E-state index >= 15 is 0 Å². The molecule has 0 saturated heterocycles. The van der Waals surface area contributed by atoms with Crippen molar-refractivity contribution in [2.75, 3.05) is 7.05 Å². The van der Waals surface area contributed by atoms with Gasteiger partial charge in [0.25, 0.3) is 0 Å². The summed E-state index contributed by atoms with van der Waals surface area (Å²) in [6.45, 7) is 0. The summed E-state index contributed by atoms with van der Waals surface area (Å²) in [4.78, 5) is 0. The average molecular weight is 143 g/mol. The highest BCUT2D eigenvalue weighted by atomic mass is 27.3. The topological polar surface area (TPSA) is 3.24 Å². The monoisotopic (exact) mass is 143 g/mol. The molecule has 0 spiro atoms. The molecule has 0 aromatic carbocycles. The van der Waals surface area contributed by atoms with Crippen molar-refractivity contribution in [3.63, 3.8) is 0 Å². The summed E-state index contributed by atoms with van der Waals surface area (Å²) in [5.41, 5.74) is 0. The minimum absolute atomic E-state index is 0.427. The van der Waals surface area contributed by atoms with Crippen molar-refractivity contribution in [3.05, 3.63) is 0 Å². The van der Waals surface area contributed by atoms with E-state index in [1.807, 2.05) is 0 Å². The first-order valence-corrected chi connectivity index (χ1v) is 8.92. The molecule has 0 rings (SSSR count). The van der Waals surface area contributed by atoms with Crippen molar-refractivity contribution in [2.45, 2.75) is 23.1 Å². The minimum atomic E-state index is -0.427. The van der Waals surface area contributed by atoms with Crippen LogP contribution in [0.4, 0.5) is 0 Å². The molecule has 0 aliphatic carbocycles. The maximum atomic E-state index is 2.61. The highest BCUT2D eigenvalue weighted by molar-refractivity contribution is 6.69. The van der Waals surface area contributed by atoms with Crippen LogP contribution in [-0.2, 0) is 0 Å². The lowest BCUT2D eigenvalue weighted by Gasteiger charge is -2.20. The molecule has 0 aromatic rings. The van der Waals surface area contributed by atoms with Crippen LogP contribution in [-0.4, -0.2) is 38.7 Å². The Morgan fingerprint density at radius 2 is 1.12 bits per heavy atom. The standard InChI is InChI=1S/CH3N.4CH3.2Al/c1-2;;;;;;/h1H3;4*1H3;;. The fourth-order valence-electron chi connectivity index (χ4n) is 0.596. The number of nitrogens with zero attached hydrogens (tertiary/aromatic N) is 1. The Bertz CT molecular complexity index is 55.4. The summed E-state index contributed by atoms with van der Waals surface area (Å²) in [6.07, 6.45) is 0. The Kier molecular flexibility index (Phi) is 4.45. The molecule has 0 atom stereocenters. The van der Waals surface area contributed by atoms with E-state index in [-0.39, 0.29) is 0 Å². The van der Waals surface area contributed by atoms with E-state index < -0.39 is 28.7 Å². The first-order valence-electron chi connectivity index (χ1n) is 3.27. The number of hydrogen-bond acceptors (Lipinski definition) is 1. The van der Waals surface area contributed by atoms with Gasteiger partial charge in [-0.3, -0.25) is 0 Å². The largest absolute Gasteiger partial charge is 0.474 e. The molecule has 0 bridgehead atoms. The second-order valence-electron chi connectivity index (χ2n) is 2.85. The zero-order chi connectivity index (χ0) is 6.73. The predicted octanol–water partition coefficient (Wildman–Crippen LogP) is 1.42. The van der Waals surface area contributed by atoms with Crippen molar-refractivity contribution in [1.29, 1.82) is 0 Å². The van der Waals surface area contributed by atoms with Crippen molar-refractivity contribution in [1.82, 2.24) is 2.87 Å². The van der Waals surface area contributed by atoms with Crippen LogP contribution in [0, 0.1) is 0 Å². The van der Waals surface area contributed by atoms with Crippen molar-refractivity contribution in [2.24, 2.45) is 0 Å². The molecule has 0 heterocycles. The Labute approximate surface area is 61.9 Å². The summed E-state index contributed by atoms with van der Waals surface area (Å²) in [5, 5.41) is 0. The van der Waals surface area contributed by atoms with Crippen LogP contribution >= 0.6 is 0 Å². The Balaban J connectivity index is 3.46. The highest BCUT2D eigenvalue weighted by Crippen LogP contribution is 1.93. The van der Waals surface area contributed by atoms with Gasteiger partial charge in [-0.05, 0) is 0 Å². The molecule has 8 heavy (non-hydrogen) atoms. The molecule has 0 aliphatic heterocycles. The molecule has 0 N–H and O–H groups in total. The van der Waals surface area contributed by atoms with E-state index in [9.17, 15) is 0 Å². The average Bonchev–Trinajstić information content (AvgIpc) is 1.64. The van der Waals surface area contributed by atoms with E-state index in [4.69, 9.17) is 0 Å². The molecular formula is C5H15Al2N. The molecule has 0 radical (unpaired) electrons. The maximum absolute atomic E-state index is 2.61. The van der Waals surface area contributed by atoms with Gasteiger partial charge in [0.2, 0.25) is 0 Å². The normalized spacial score (nSPS) is 9.75. The summed E-state index contributed by atoms with van der Waals surface area (Å²) in [5.74, 6) is 9.53. The fourth-order valence-corrected chi connectivity index (χ4v) is 5.37. The van der Waals surface area contributed by atoms with Crippen molar-refractivity contribution < 1.29 is 0 Å². The van der Waals surface area contributed by atoms with Gasteiger partial charge < -0.3 is 2.87 Å². The Hall–Kier alpha value is 1.02. The first kappa shape index (κ1) is 9.02. The molecule has 0 saturated carbocycles. The van der Waals surface area contributed by atoms with E-state index in [0.717, 1.165) is 0 Å². The molecule has 0 amide bonds. The second-order valence-corrected chi connectivity index (χ2v) is 9.45. The van der Waals surface area contributed by atoms with Gasteiger partial charge in [-0.25, -0.2) is 0 Å². The summed E-state index contributed by atoms with van der Waals surface area (Å²) in [6, 6.07) is 0. The molecular weight excluding hydrogens is 128 g/mol. The lowest BCUT2D eigenvalue weighted by atomic mass is 11.6. The van der Waals surface area contributed by atoms with Crippen LogP contribution in [0.1, 0.15) is 0 Å². The smallest absolute Gasteiger partial charge is 0.343 e. The molecule has 0 unspecified atom stereocenters. The zero-order valence-electron chi connectivity index (χ0n) is 6.60. The SMILES string of the molecule is C[N]([Al]([CH3])[CH3])[Al]([CH3])[CH3]. The van der Waals surface area contributed by atoms with Crippen molar-refractivity contribution >= 4 is 28.7 Å². The number of rotatable bonds is 2. The summed E-state index contributed by atoms with van der Waals surface area (Å²) >= 11 is -0.855. The van der Waals surface area contributed by atoms with E-state index in [1.165, 1.54) is 0 Å². The van der Waals surface area contributed by atoms with E-state index in [2.05, 4.69) is 33.1 Å². The molecule has 3 heteroatoms. The first-order chi connectivity index (χ1) is 3.55. The maximum Gasteiger partial charge on any atom is 0.343 e. The Morgan fingerprint density at radius 3 is 1.12 bits per heavy atom. The van der Waals surface area contributed by atoms with Gasteiger partial charge in [-0.2, -0.15) is 0 Å². The molecule has 1 nitrogen and oxygen atoms in total. The van der Waals surface area contributed by atoms with Crippen LogP contribution in [0.2, 0.25) is 23.1 Å². The molecule has 0 aromatic heterocycles. The second kappa shape index (κ2) is 3.94. The third kappa shape index (κ3) is 3.13. The van der Waals surface area contributed by atoms with Gasteiger partial charge in [0.05, 0.1) is 0 Å². The van der Waals surface area contributed by atoms with Gasteiger partial charge in [-0.15, -0.1) is 0 Å². The van der Waals surface area contributed by atoms with Gasteiger partial charge in [-0.1, -0.05) is 30.2 Å². The van der Waals surface area contributed by atoms with E-state index in [0.29, 0.717) is 0 Å². The van der Waals surface area contributed by atoms with Crippen LogP contribution in [0.3, 0.4) is 0 Å². The summed E-state index contributed by atoms with van der Waals surface area (Å²) < 4.78 is 2.61. The fraction of sp³-hybridized carbons (Fsp3) is 1.00. The third-order valence-electron chi connectivity index (χ3n) is 1.63. The lowest BCUT2D eigenvalue weighted by molar-refractivity contribution is 0.810. The predicted molar refractivity (Wildman–Crippen MR) is 42.7 cm³/mol. The van der Waals surface area contributed by atoms with Crippen LogP contribution in [0.5, 0.6) is 0 Å². The van der Waals surface area contributed by atoms with E-state index in [1.54, 1.807) is 0 Å². The highest BCUT2D eigenvalue weighted by Gasteiger charge is 2.16. The summed E-state index contributed by atoms with van der Waals surface area (Å²) in [7, 11) is 2.27. The quantitative estimate of drug-likeness (QED) is 0.528. The molecule has 46 valence electrons. The van der Waals surface area contributed by atoms with Crippen LogP contribution in [0.15, 0.2) is 0 Å². The van der Waals surface area contributed by atoms with Gasteiger partial charge in [0, 0.05) is 0 Å². The van der Waals surface area contributed by atoms with Crippen LogP contribution < -0.4 is 0 Å². The Morgan fingerprint density at radius 1 is 0.875 bits per heavy atom. The van der Waals surface area contributed by atoms with Crippen molar-refractivity contribution in [3.8, 4) is 0 Å². The van der Waals surface area contributed by atoms with Gasteiger partial charge in [0.15, 0.2) is 0 Å². The van der Waals surface area contributed by atoms with Gasteiger partial charge in [0.1, 0.15) is 0 Å². The minimum Gasteiger partial charge on any atom is -0.474 e. The van der Waals surface area contributed by atoms with Crippen LogP contribution in [0.25, 0.3) is 0 Å². The molecule has 0 fully saturated rings. The van der Waals surface area contributed by atoms with Gasteiger partial charge >= 0.3 is 28.7 Å². The number of hydrogen-bond donors (Lipinski definition) is 0. The third-order valence-corrected chi connectivity index (χ3v) is 8.46.